The van der Waals surface area contributed by atoms with Gasteiger partial charge in [0.15, 0.2) is 0 Å². The maximum Gasteiger partial charge on any atom is 0.235 e. The van der Waals surface area contributed by atoms with E-state index in [4.69, 9.17) is 0 Å². The highest BCUT2D eigenvalue weighted by atomic mass is 32.2. The van der Waals surface area contributed by atoms with Gasteiger partial charge in [0.1, 0.15) is 16.2 Å². The second kappa shape index (κ2) is 7.00. The fourth-order valence-corrected chi connectivity index (χ4v) is 6.06. The van der Waals surface area contributed by atoms with E-state index in [2.05, 4.69) is 9.97 Å². The molecule has 6 heteroatoms. The largest absolute Gasteiger partial charge is 0.342 e. The third-order valence-corrected chi connectivity index (χ3v) is 7.31. The van der Waals surface area contributed by atoms with Gasteiger partial charge in [-0.25, -0.2) is 9.97 Å². The zero-order chi connectivity index (χ0) is 16.5. The molecule has 0 unspecified atom stereocenters. The lowest BCUT2D eigenvalue weighted by atomic mass is 9.97. The van der Waals surface area contributed by atoms with E-state index >= 15 is 0 Å². The number of nitrogens with zero attached hydrogens (tertiary/aromatic N) is 3. The van der Waals surface area contributed by atoms with Crippen LogP contribution in [-0.4, -0.2) is 39.1 Å². The molecule has 0 bridgehead atoms. The highest BCUT2D eigenvalue weighted by Gasteiger charge is 2.26. The van der Waals surface area contributed by atoms with Crippen molar-refractivity contribution in [1.29, 1.82) is 0 Å². The standard InChI is InChI=1S/C18H23N3OS2/c1-12(18(22)21-9-5-2-6-10-21)23-16-15-13-7-3-4-8-14(13)24-17(15)20-11-19-16/h11-12H,2-10H2,1H3/t12-/m0/s1. The Kier molecular flexibility index (Phi) is 4.77. The summed E-state index contributed by atoms with van der Waals surface area (Å²) in [6.07, 6.45) is 10.0. The average molecular weight is 362 g/mol. The van der Waals surface area contributed by atoms with E-state index in [1.54, 1.807) is 18.1 Å². The van der Waals surface area contributed by atoms with Gasteiger partial charge < -0.3 is 4.90 Å². The number of aromatic nitrogens is 2. The van der Waals surface area contributed by atoms with Crippen LogP contribution < -0.4 is 0 Å². The molecule has 4 rings (SSSR count). The van der Waals surface area contributed by atoms with Gasteiger partial charge >= 0.3 is 0 Å². The van der Waals surface area contributed by atoms with Crippen molar-refractivity contribution in [3.8, 4) is 0 Å². The number of rotatable bonds is 3. The second-order valence-electron chi connectivity index (χ2n) is 6.72. The first-order chi connectivity index (χ1) is 11.7. The van der Waals surface area contributed by atoms with Crippen molar-refractivity contribution in [1.82, 2.24) is 14.9 Å². The topological polar surface area (TPSA) is 46.1 Å². The van der Waals surface area contributed by atoms with Crippen LogP contribution in [0.2, 0.25) is 0 Å². The first kappa shape index (κ1) is 16.3. The number of thioether (sulfide) groups is 1. The Labute approximate surface area is 151 Å². The first-order valence-corrected chi connectivity index (χ1v) is 10.6. The molecule has 0 N–H and O–H groups in total. The fraction of sp³-hybridized carbons (Fsp3) is 0.611. The molecule has 2 aliphatic rings. The molecule has 2 aromatic heterocycles. The highest BCUT2D eigenvalue weighted by molar-refractivity contribution is 8.00. The molecule has 1 atom stereocenters. The molecule has 1 aliphatic heterocycles. The maximum absolute atomic E-state index is 12.7. The number of amides is 1. The maximum atomic E-state index is 12.7. The monoisotopic (exact) mass is 361 g/mol. The van der Waals surface area contributed by atoms with Crippen LogP contribution in [0.5, 0.6) is 0 Å². The van der Waals surface area contributed by atoms with Crippen molar-refractivity contribution in [2.24, 2.45) is 0 Å². The van der Waals surface area contributed by atoms with Crippen LogP contribution in [0, 0.1) is 0 Å². The zero-order valence-electron chi connectivity index (χ0n) is 14.1. The van der Waals surface area contributed by atoms with Crippen molar-refractivity contribution in [3.63, 3.8) is 0 Å². The van der Waals surface area contributed by atoms with Crippen molar-refractivity contribution in [2.45, 2.75) is 62.1 Å². The second-order valence-corrected chi connectivity index (χ2v) is 9.13. The predicted octanol–water partition coefficient (Wildman–Crippen LogP) is 4.06. The van der Waals surface area contributed by atoms with Gasteiger partial charge in [0.2, 0.25) is 5.91 Å². The fourth-order valence-electron chi connectivity index (χ4n) is 3.74. The Balaban J connectivity index is 1.59. The summed E-state index contributed by atoms with van der Waals surface area (Å²) in [6, 6.07) is 0. The minimum Gasteiger partial charge on any atom is -0.342 e. The Bertz CT molecular complexity index is 752. The number of thiophene rings is 1. The van der Waals surface area contributed by atoms with E-state index in [-0.39, 0.29) is 11.2 Å². The quantitative estimate of drug-likeness (QED) is 0.611. The number of aryl methyl sites for hydroxylation is 2. The number of fused-ring (bicyclic) bond motifs is 3. The molecule has 3 heterocycles. The summed E-state index contributed by atoms with van der Waals surface area (Å²) in [5.41, 5.74) is 1.45. The minimum absolute atomic E-state index is 0.0830. The molecule has 0 saturated carbocycles. The lowest BCUT2D eigenvalue weighted by Gasteiger charge is -2.29. The molecule has 1 fully saturated rings. The molecule has 1 aliphatic carbocycles. The molecule has 0 aromatic carbocycles. The van der Waals surface area contributed by atoms with Crippen LogP contribution in [0.25, 0.3) is 10.2 Å². The van der Waals surface area contributed by atoms with E-state index in [9.17, 15) is 4.79 Å². The number of likely N-dealkylation sites (tertiary alicyclic amines) is 1. The lowest BCUT2D eigenvalue weighted by Crippen LogP contribution is -2.40. The van der Waals surface area contributed by atoms with E-state index < -0.39 is 0 Å². The molecule has 4 nitrogen and oxygen atoms in total. The van der Waals surface area contributed by atoms with Gasteiger partial charge in [0.25, 0.3) is 0 Å². The van der Waals surface area contributed by atoms with Crippen LogP contribution in [-0.2, 0) is 17.6 Å². The van der Waals surface area contributed by atoms with Gasteiger partial charge in [-0.3, -0.25) is 4.79 Å². The van der Waals surface area contributed by atoms with Crippen LogP contribution in [0.3, 0.4) is 0 Å². The van der Waals surface area contributed by atoms with Crippen molar-refractivity contribution in [2.75, 3.05) is 13.1 Å². The molecule has 1 saturated heterocycles. The summed E-state index contributed by atoms with van der Waals surface area (Å²) in [4.78, 5) is 26.4. The van der Waals surface area contributed by atoms with Gasteiger partial charge in [0.05, 0.1) is 5.25 Å². The predicted molar refractivity (Wildman–Crippen MR) is 99.8 cm³/mol. The molecule has 128 valence electrons. The Morgan fingerprint density at radius 2 is 1.96 bits per heavy atom. The van der Waals surface area contributed by atoms with Crippen LogP contribution in [0.4, 0.5) is 0 Å². The van der Waals surface area contributed by atoms with Gasteiger partial charge in [-0.2, -0.15) is 0 Å². The number of carbonyl (C=O) groups is 1. The normalized spacial score (nSPS) is 19.3. The third-order valence-electron chi connectivity index (χ3n) is 5.02. The lowest BCUT2D eigenvalue weighted by molar-refractivity contribution is -0.131. The van der Waals surface area contributed by atoms with E-state index in [0.717, 1.165) is 42.2 Å². The number of carbonyl (C=O) groups excluding carboxylic acids is 1. The summed E-state index contributed by atoms with van der Waals surface area (Å²) in [5.74, 6) is 0.260. The summed E-state index contributed by atoms with van der Waals surface area (Å²) < 4.78 is 0. The molecule has 0 spiro atoms. The smallest absolute Gasteiger partial charge is 0.235 e. The number of hydrogen-bond donors (Lipinski definition) is 0. The first-order valence-electron chi connectivity index (χ1n) is 8.95. The minimum atomic E-state index is -0.0830. The van der Waals surface area contributed by atoms with E-state index in [0.29, 0.717) is 0 Å². The third kappa shape index (κ3) is 3.06. The summed E-state index contributed by atoms with van der Waals surface area (Å²) in [6.45, 7) is 3.85. The highest BCUT2D eigenvalue weighted by Crippen LogP contribution is 2.40. The molecular weight excluding hydrogens is 338 g/mol. The van der Waals surface area contributed by atoms with Gasteiger partial charge in [-0.1, -0.05) is 11.8 Å². The van der Waals surface area contributed by atoms with Gasteiger partial charge in [0, 0.05) is 23.4 Å². The molecular formula is C18H23N3OS2. The van der Waals surface area contributed by atoms with Gasteiger partial charge in [-0.15, -0.1) is 11.3 Å². The number of hydrogen-bond acceptors (Lipinski definition) is 5. The molecule has 2 aromatic rings. The molecule has 24 heavy (non-hydrogen) atoms. The van der Waals surface area contributed by atoms with Crippen molar-refractivity contribution < 1.29 is 4.79 Å². The van der Waals surface area contributed by atoms with Crippen LogP contribution >= 0.6 is 23.1 Å². The van der Waals surface area contributed by atoms with E-state index in [1.807, 2.05) is 23.2 Å². The SMILES string of the molecule is C[C@H](Sc1ncnc2sc3c(c12)CCCC3)C(=O)N1CCCCC1. The van der Waals surface area contributed by atoms with Gasteiger partial charge in [-0.05, 0) is 57.4 Å². The van der Waals surface area contributed by atoms with Crippen molar-refractivity contribution in [3.05, 3.63) is 16.8 Å². The Morgan fingerprint density at radius 3 is 2.79 bits per heavy atom. The summed E-state index contributed by atoms with van der Waals surface area (Å²) in [7, 11) is 0. The van der Waals surface area contributed by atoms with E-state index in [1.165, 1.54) is 41.5 Å². The van der Waals surface area contributed by atoms with Crippen LogP contribution in [0.1, 0.15) is 49.5 Å². The summed E-state index contributed by atoms with van der Waals surface area (Å²) >= 11 is 3.43. The number of piperidine rings is 1. The van der Waals surface area contributed by atoms with Crippen LogP contribution in [0.15, 0.2) is 11.4 Å². The molecule has 0 radical (unpaired) electrons. The van der Waals surface area contributed by atoms with Crippen molar-refractivity contribution >= 4 is 39.2 Å². The summed E-state index contributed by atoms with van der Waals surface area (Å²) in [5, 5.41) is 2.14. The Hall–Kier alpha value is -1.14. The average Bonchev–Trinajstić information content (AvgIpc) is 3.01. The Morgan fingerprint density at radius 1 is 1.17 bits per heavy atom. The molecule has 1 amide bonds. The zero-order valence-corrected chi connectivity index (χ0v) is 15.7.